The first kappa shape index (κ1) is 20.0. The first-order valence-corrected chi connectivity index (χ1v) is 8.06. The zero-order valence-electron chi connectivity index (χ0n) is 13.5. The molecular formula is C14H23N5O4S. The number of aromatic nitrogens is 2. The monoisotopic (exact) mass is 357 g/mol. The Hall–Kier alpha value is -2.07. The molecule has 0 aliphatic carbocycles. The first-order valence-electron chi connectivity index (χ1n) is 7.43. The third-order valence-electron chi connectivity index (χ3n) is 3.38. The number of imidazole rings is 1. The van der Waals surface area contributed by atoms with Gasteiger partial charge in [0, 0.05) is 24.1 Å². The van der Waals surface area contributed by atoms with Gasteiger partial charge in [0.05, 0.1) is 12.4 Å². The van der Waals surface area contributed by atoms with Crippen molar-refractivity contribution < 1.29 is 19.5 Å². The lowest BCUT2D eigenvalue weighted by molar-refractivity contribution is -0.143. The molecule has 3 atom stereocenters. The molecule has 1 aromatic rings. The fourth-order valence-electron chi connectivity index (χ4n) is 1.95. The van der Waals surface area contributed by atoms with Crippen LogP contribution in [0.5, 0.6) is 0 Å². The van der Waals surface area contributed by atoms with E-state index < -0.39 is 35.9 Å². The van der Waals surface area contributed by atoms with E-state index in [4.69, 9.17) is 5.73 Å². The first-order chi connectivity index (χ1) is 11.3. The molecule has 9 nitrogen and oxygen atoms in total. The maximum absolute atomic E-state index is 12.5. The van der Waals surface area contributed by atoms with Gasteiger partial charge in [0.25, 0.3) is 0 Å². The summed E-state index contributed by atoms with van der Waals surface area (Å²) in [6, 6.07) is -2.91. The van der Waals surface area contributed by atoms with Gasteiger partial charge in [-0.15, -0.1) is 0 Å². The third-order valence-corrected chi connectivity index (χ3v) is 3.77. The number of H-pyrrole nitrogens is 1. The number of aromatic amines is 1. The Bertz CT molecular complexity index is 564. The molecule has 0 aromatic carbocycles. The minimum Gasteiger partial charge on any atom is -0.480 e. The van der Waals surface area contributed by atoms with E-state index in [0.717, 1.165) is 0 Å². The highest BCUT2D eigenvalue weighted by Gasteiger charge is 2.29. The molecule has 24 heavy (non-hydrogen) atoms. The summed E-state index contributed by atoms with van der Waals surface area (Å²) in [7, 11) is 0. The van der Waals surface area contributed by atoms with Gasteiger partial charge >= 0.3 is 5.97 Å². The standard InChI is InChI=1S/C14H23N5O4S/c1-7(2)11(14(22)23)19-13(21)10(3-8-4-16-6-17-8)18-12(20)9(15)5-24/h4,6-7,9-11,24H,3,5,15H2,1-2H3,(H,16,17)(H,18,20)(H,19,21)(H,22,23). The molecule has 0 radical (unpaired) electrons. The number of rotatable bonds is 9. The topological polar surface area (TPSA) is 150 Å². The van der Waals surface area contributed by atoms with E-state index in [9.17, 15) is 19.5 Å². The predicted molar refractivity (Wildman–Crippen MR) is 90.5 cm³/mol. The zero-order chi connectivity index (χ0) is 18.3. The molecule has 0 saturated heterocycles. The second-order valence-corrected chi connectivity index (χ2v) is 6.06. The van der Waals surface area contributed by atoms with Gasteiger partial charge < -0.3 is 26.5 Å². The molecule has 1 heterocycles. The molecule has 1 rings (SSSR count). The van der Waals surface area contributed by atoms with Crippen LogP contribution in [-0.4, -0.2) is 56.7 Å². The molecule has 0 fully saturated rings. The van der Waals surface area contributed by atoms with Crippen LogP contribution in [0.15, 0.2) is 12.5 Å². The number of nitrogens with zero attached hydrogens (tertiary/aromatic N) is 1. The number of aliphatic carboxylic acids is 1. The van der Waals surface area contributed by atoms with E-state index in [1.165, 1.54) is 12.5 Å². The molecule has 0 saturated carbocycles. The van der Waals surface area contributed by atoms with E-state index in [0.29, 0.717) is 5.69 Å². The van der Waals surface area contributed by atoms with Gasteiger partial charge in [-0.05, 0) is 5.92 Å². The van der Waals surface area contributed by atoms with E-state index in [-0.39, 0.29) is 18.1 Å². The summed E-state index contributed by atoms with van der Waals surface area (Å²) in [6.07, 6.45) is 3.09. The smallest absolute Gasteiger partial charge is 0.326 e. The second-order valence-electron chi connectivity index (χ2n) is 5.70. The Morgan fingerprint density at radius 1 is 1.33 bits per heavy atom. The largest absolute Gasteiger partial charge is 0.480 e. The van der Waals surface area contributed by atoms with Crippen LogP contribution in [0.4, 0.5) is 0 Å². The van der Waals surface area contributed by atoms with Gasteiger partial charge in [0.1, 0.15) is 12.1 Å². The van der Waals surface area contributed by atoms with E-state index in [2.05, 4.69) is 33.2 Å². The van der Waals surface area contributed by atoms with Crippen molar-refractivity contribution in [2.75, 3.05) is 5.75 Å². The quantitative estimate of drug-likeness (QED) is 0.309. The minimum absolute atomic E-state index is 0.119. The Morgan fingerprint density at radius 2 is 2.00 bits per heavy atom. The molecular weight excluding hydrogens is 334 g/mol. The highest BCUT2D eigenvalue weighted by molar-refractivity contribution is 7.80. The number of carboxylic acids is 1. The van der Waals surface area contributed by atoms with Crippen LogP contribution in [0.2, 0.25) is 0 Å². The van der Waals surface area contributed by atoms with Crippen molar-refractivity contribution in [1.29, 1.82) is 0 Å². The number of carbonyl (C=O) groups excluding carboxylic acids is 2. The van der Waals surface area contributed by atoms with Crippen molar-refractivity contribution in [2.24, 2.45) is 11.7 Å². The maximum atomic E-state index is 12.5. The molecule has 0 aliphatic heterocycles. The molecule has 0 bridgehead atoms. The van der Waals surface area contributed by atoms with Gasteiger partial charge in [-0.25, -0.2) is 9.78 Å². The van der Waals surface area contributed by atoms with Crippen LogP contribution in [0.1, 0.15) is 19.5 Å². The van der Waals surface area contributed by atoms with Gasteiger partial charge in [0.15, 0.2) is 0 Å². The van der Waals surface area contributed by atoms with E-state index in [1.54, 1.807) is 13.8 Å². The number of carbonyl (C=O) groups is 3. The van der Waals surface area contributed by atoms with Crippen LogP contribution in [-0.2, 0) is 20.8 Å². The van der Waals surface area contributed by atoms with Crippen LogP contribution in [0.3, 0.4) is 0 Å². The summed E-state index contributed by atoms with van der Waals surface area (Å²) in [6.45, 7) is 3.36. The number of hydrogen-bond acceptors (Lipinski definition) is 6. The highest BCUT2D eigenvalue weighted by Crippen LogP contribution is 2.05. The van der Waals surface area contributed by atoms with Crippen LogP contribution in [0, 0.1) is 5.92 Å². The summed E-state index contributed by atoms with van der Waals surface area (Å²) in [5, 5.41) is 14.2. The predicted octanol–water partition coefficient (Wildman–Crippen LogP) is -1.08. The lowest BCUT2D eigenvalue weighted by Gasteiger charge is -2.23. The van der Waals surface area contributed by atoms with Crippen molar-refractivity contribution in [1.82, 2.24) is 20.6 Å². The van der Waals surface area contributed by atoms with Crippen LogP contribution < -0.4 is 16.4 Å². The molecule has 3 unspecified atom stereocenters. The highest BCUT2D eigenvalue weighted by atomic mass is 32.1. The van der Waals surface area contributed by atoms with Crippen LogP contribution >= 0.6 is 12.6 Å². The van der Waals surface area contributed by atoms with Gasteiger partial charge in [-0.2, -0.15) is 12.6 Å². The lowest BCUT2D eigenvalue weighted by Crippen LogP contribution is -2.56. The van der Waals surface area contributed by atoms with E-state index in [1.807, 2.05) is 0 Å². The number of carboxylic acid groups (broad SMARTS) is 1. The maximum Gasteiger partial charge on any atom is 0.326 e. The summed E-state index contributed by atoms with van der Waals surface area (Å²) < 4.78 is 0. The molecule has 10 heteroatoms. The fraction of sp³-hybridized carbons (Fsp3) is 0.571. The number of nitrogens with two attached hydrogens (primary N) is 1. The molecule has 6 N–H and O–H groups in total. The molecule has 2 amide bonds. The van der Waals surface area contributed by atoms with Gasteiger partial charge in [-0.3, -0.25) is 9.59 Å². The third kappa shape index (κ3) is 5.85. The molecule has 0 spiro atoms. The normalized spacial score (nSPS) is 14.7. The number of hydrogen-bond donors (Lipinski definition) is 6. The van der Waals surface area contributed by atoms with Crippen molar-refractivity contribution >= 4 is 30.4 Å². The van der Waals surface area contributed by atoms with Crippen molar-refractivity contribution in [3.63, 3.8) is 0 Å². The Balaban J connectivity index is 2.88. The number of nitrogens with one attached hydrogen (secondary N) is 3. The van der Waals surface area contributed by atoms with Gasteiger partial charge in [0.2, 0.25) is 11.8 Å². The van der Waals surface area contributed by atoms with E-state index >= 15 is 0 Å². The van der Waals surface area contributed by atoms with Crippen LogP contribution in [0.25, 0.3) is 0 Å². The summed E-state index contributed by atoms with van der Waals surface area (Å²) in [4.78, 5) is 42.3. The summed E-state index contributed by atoms with van der Waals surface area (Å²) in [5.41, 5.74) is 6.22. The Kier molecular flexibility index (Phi) is 7.72. The SMILES string of the molecule is CC(C)C(NC(=O)C(Cc1cnc[nH]1)NC(=O)C(N)CS)C(=O)O. The summed E-state index contributed by atoms with van der Waals surface area (Å²) in [5.74, 6) is -2.48. The summed E-state index contributed by atoms with van der Waals surface area (Å²) >= 11 is 3.95. The fourth-order valence-corrected chi connectivity index (χ4v) is 2.12. The number of thiol groups is 1. The van der Waals surface area contributed by atoms with Crippen molar-refractivity contribution in [3.05, 3.63) is 18.2 Å². The Labute approximate surface area is 145 Å². The van der Waals surface area contributed by atoms with Crippen molar-refractivity contribution in [2.45, 2.75) is 38.4 Å². The van der Waals surface area contributed by atoms with Gasteiger partial charge in [-0.1, -0.05) is 13.8 Å². The minimum atomic E-state index is -1.14. The number of amides is 2. The zero-order valence-corrected chi connectivity index (χ0v) is 14.4. The Morgan fingerprint density at radius 3 is 2.46 bits per heavy atom. The van der Waals surface area contributed by atoms with Crippen molar-refractivity contribution in [3.8, 4) is 0 Å². The average molecular weight is 357 g/mol. The molecule has 1 aromatic heterocycles. The lowest BCUT2D eigenvalue weighted by atomic mass is 10.0. The average Bonchev–Trinajstić information content (AvgIpc) is 3.03. The second kappa shape index (κ2) is 9.28. The molecule has 134 valence electrons. The molecule has 0 aliphatic rings.